The third-order valence-corrected chi connectivity index (χ3v) is 3.38. The summed E-state index contributed by atoms with van der Waals surface area (Å²) >= 11 is 0. The lowest BCUT2D eigenvalue weighted by atomic mass is 10.1. The van der Waals surface area contributed by atoms with Crippen LogP contribution in [0.4, 0.5) is 17.3 Å². The number of ether oxygens (including phenoxy) is 2. The van der Waals surface area contributed by atoms with Crippen LogP contribution in [0.15, 0.2) is 24.5 Å². The zero-order chi connectivity index (χ0) is 16.7. The quantitative estimate of drug-likeness (QED) is 0.687. The van der Waals surface area contributed by atoms with Crippen LogP contribution in [0.25, 0.3) is 0 Å². The Hall–Kier alpha value is -2.70. The number of hydrogen-bond acceptors (Lipinski definition) is 7. The highest BCUT2D eigenvalue weighted by Gasteiger charge is 2.08. The number of nitrogen functional groups attached to an aromatic ring is 1. The first-order chi connectivity index (χ1) is 11.2. The molecule has 2 rings (SSSR count). The van der Waals surface area contributed by atoms with Crippen molar-refractivity contribution in [2.24, 2.45) is 0 Å². The van der Waals surface area contributed by atoms with Crippen LogP contribution < -0.4 is 25.8 Å². The highest BCUT2D eigenvalue weighted by molar-refractivity contribution is 5.73. The molecule has 0 fully saturated rings. The number of aromatic nitrogens is 2. The molecule has 0 aliphatic rings. The van der Waals surface area contributed by atoms with Gasteiger partial charge in [0.25, 0.3) is 0 Å². The standard InChI is InChI=1S/C16H23N5O2/c1-4-18-15-14(17)16(21-10-20-15)19-8-7-11-5-6-12(22-2)13(9-11)23-3/h5-6,9-10H,4,7-8,17H2,1-3H3,(H2,18,19,20,21). The fraction of sp³-hybridized carbons (Fsp3) is 0.375. The van der Waals surface area contributed by atoms with Gasteiger partial charge in [0.1, 0.15) is 12.0 Å². The van der Waals surface area contributed by atoms with E-state index in [4.69, 9.17) is 15.2 Å². The minimum atomic E-state index is 0.529. The number of nitrogens with one attached hydrogen (secondary N) is 2. The molecule has 23 heavy (non-hydrogen) atoms. The van der Waals surface area contributed by atoms with Gasteiger partial charge in [0.05, 0.1) is 14.2 Å². The van der Waals surface area contributed by atoms with E-state index in [1.54, 1.807) is 14.2 Å². The first-order valence-corrected chi connectivity index (χ1v) is 7.48. The van der Waals surface area contributed by atoms with Gasteiger partial charge in [0.2, 0.25) is 0 Å². The molecule has 2 aromatic rings. The van der Waals surface area contributed by atoms with Gasteiger partial charge < -0.3 is 25.8 Å². The van der Waals surface area contributed by atoms with Gasteiger partial charge in [0, 0.05) is 13.1 Å². The molecule has 1 aromatic heterocycles. The topological polar surface area (TPSA) is 94.3 Å². The van der Waals surface area contributed by atoms with Crippen LogP contribution in [-0.2, 0) is 6.42 Å². The Kier molecular flexibility index (Phi) is 5.85. The number of rotatable bonds is 8. The Morgan fingerprint density at radius 2 is 1.74 bits per heavy atom. The summed E-state index contributed by atoms with van der Waals surface area (Å²) in [7, 11) is 3.25. The van der Waals surface area contributed by atoms with Crippen LogP contribution in [0.5, 0.6) is 11.5 Å². The molecule has 7 heteroatoms. The predicted octanol–water partition coefficient (Wildman–Crippen LogP) is 2.16. The van der Waals surface area contributed by atoms with Crippen molar-refractivity contribution in [3.8, 4) is 11.5 Å². The molecule has 0 saturated heterocycles. The van der Waals surface area contributed by atoms with Gasteiger partial charge in [-0.25, -0.2) is 9.97 Å². The first kappa shape index (κ1) is 16.7. The number of nitrogens with zero attached hydrogens (tertiary/aromatic N) is 2. The van der Waals surface area contributed by atoms with E-state index in [2.05, 4.69) is 20.6 Å². The number of benzene rings is 1. The lowest BCUT2D eigenvalue weighted by molar-refractivity contribution is 0.354. The number of nitrogens with two attached hydrogens (primary N) is 1. The lowest BCUT2D eigenvalue weighted by Gasteiger charge is -2.12. The fourth-order valence-corrected chi connectivity index (χ4v) is 2.21. The molecule has 0 bridgehead atoms. The average Bonchev–Trinajstić information content (AvgIpc) is 2.58. The van der Waals surface area contributed by atoms with E-state index < -0.39 is 0 Å². The summed E-state index contributed by atoms with van der Waals surface area (Å²) in [4.78, 5) is 8.30. The molecule has 0 spiro atoms. The monoisotopic (exact) mass is 317 g/mol. The van der Waals surface area contributed by atoms with E-state index in [1.165, 1.54) is 6.33 Å². The number of anilines is 3. The summed E-state index contributed by atoms with van der Waals surface area (Å²) < 4.78 is 10.5. The van der Waals surface area contributed by atoms with Crippen molar-refractivity contribution in [2.45, 2.75) is 13.3 Å². The van der Waals surface area contributed by atoms with Crippen LogP contribution in [0.2, 0.25) is 0 Å². The summed E-state index contributed by atoms with van der Waals surface area (Å²) in [6.07, 6.45) is 2.30. The molecule has 0 aliphatic heterocycles. The summed E-state index contributed by atoms with van der Waals surface area (Å²) in [5, 5.41) is 6.34. The van der Waals surface area contributed by atoms with Crippen molar-refractivity contribution in [2.75, 3.05) is 43.7 Å². The SMILES string of the molecule is CCNc1ncnc(NCCc2ccc(OC)c(OC)c2)c1N. The Morgan fingerprint density at radius 3 is 2.39 bits per heavy atom. The minimum Gasteiger partial charge on any atom is -0.493 e. The Labute approximate surface area is 136 Å². The zero-order valence-corrected chi connectivity index (χ0v) is 13.7. The molecule has 7 nitrogen and oxygen atoms in total. The highest BCUT2D eigenvalue weighted by atomic mass is 16.5. The second-order valence-electron chi connectivity index (χ2n) is 4.88. The predicted molar refractivity (Wildman–Crippen MR) is 92.3 cm³/mol. The van der Waals surface area contributed by atoms with Crippen LogP contribution >= 0.6 is 0 Å². The maximum atomic E-state index is 6.05. The van der Waals surface area contributed by atoms with Gasteiger partial charge in [-0.3, -0.25) is 0 Å². The van der Waals surface area contributed by atoms with Crippen LogP contribution in [0.1, 0.15) is 12.5 Å². The van der Waals surface area contributed by atoms with Crippen LogP contribution in [-0.4, -0.2) is 37.3 Å². The maximum absolute atomic E-state index is 6.05. The molecule has 0 aliphatic carbocycles. The van der Waals surface area contributed by atoms with Crippen molar-refractivity contribution in [1.82, 2.24) is 9.97 Å². The van der Waals surface area contributed by atoms with Crippen molar-refractivity contribution >= 4 is 17.3 Å². The molecular weight excluding hydrogens is 294 g/mol. The molecule has 1 heterocycles. The fourth-order valence-electron chi connectivity index (χ4n) is 2.21. The van der Waals surface area contributed by atoms with Gasteiger partial charge in [-0.15, -0.1) is 0 Å². The summed E-state index contributed by atoms with van der Waals surface area (Å²) in [5.74, 6) is 2.73. The van der Waals surface area contributed by atoms with Crippen molar-refractivity contribution in [3.63, 3.8) is 0 Å². The zero-order valence-electron chi connectivity index (χ0n) is 13.7. The van der Waals surface area contributed by atoms with Crippen molar-refractivity contribution in [3.05, 3.63) is 30.1 Å². The van der Waals surface area contributed by atoms with E-state index in [0.29, 0.717) is 23.9 Å². The molecule has 124 valence electrons. The van der Waals surface area contributed by atoms with E-state index >= 15 is 0 Å². The van der Waals surface area contributed by atoms with Crippen LogP contribution in [0, 0.1) is 0 Å². The third kappa shape index (κ3) is 4.15. The molecule has 0 unspecified atom stereocenters. The van der Waals surface area contributed by atoms with Crippen molar-refractivity contribution < 1.29 is 9.47 Å². The molecule has 0 atom stereocenters. The third-order valence-electron chi connectivity index (χ3n) is 3.38. The molecule has 1 aromatic carbocycles. The summed E-state index contributed by atoms with van der Waals surface area (Å²) in [5.41, 5.74) is 7.71. The molecule has 4 N–H and O–H groups in total. The van der Waals surface area contributed by atoms with Gasteiger partial charge in [-0.2, -0.15) is 0 Å². The minimum absolute atomic E-state index is 0.529. The van der Waals surface area contributed by atoms with Gasteiger partial charge >= 0.3 is 0 Å². The van der Waals surface area contributed by atoms with E-state index in [1.807, 2.05) is 25.1 Å². The van der Waals surface area contributed by atoms with E-state index in [0.717, 1.165) is 30.0 Å². The van der Waals surface area contributed by atoms with Crippen LogP contribution in [0.3, 0.4) is 0 Å². The maximum Gasteiger partial charge on any atom is 0.160 e. The molecule has 0 amide bonds. The normalized spacial score (nSPS) is 10.2. The van der Waals surface area contributed by atoms with Gasteiger partial charge in [-0.1, -0.05) is 6.07 Å². The largest absolute Gasteiger partial charge is 0.493 e. The Morgan fingerprint density at radius 1 is 1.04 bits per heavy atom. The second-order valence-corrected chi connectivity index (χ2v) is 4.88. The first-order valence-electron chi connectivity index (χ1n) is 7.48. The molecule has 0 saturated carbocycles. The van der Waals surface area contributed by atoms with Gasteiger partial charge in [0.15, 0.2) is 23.1 Å². The average molecular weight is 317 g/mol. The highest BCUT2D eigenvalue weighted by Crippen LogP contribution is 2.28. The van der Waals surface area contributed by atoms with E-state index in [-0.39, 0.29) is 0 Å². The molecule has 0 radical (unpaired) electrons. The van der Waals surface area contributed by atoms with E-state index in [9.17, 15) is 0 Å². The number of hydrogen-bond donors (Lipinski definition) is 3. The lowest BCUT2D eigenvalue weighted by Crippen LogP contribution is -2.11. The van der Waals surface area contributed by atoms with Gasteiger partial charge in [-0.05, 0) is 31.0 Å². The smallest absolute Gasteiger partial charge is 0.160 e. The number of methoxy groups -OCH3 is 2. The summed E-state index contributed by atoms with van der Waals surface area (Å²) in [6.45, 7) is 3.44. The van der Waals surface area contributed by atoms with Crippen molar-refractivity contribution in [1.29, 1.82) is 0 Å². The Bertz CT molecular complexity index is 648. The summed E-state index contributed by atoms with van der Waals surface area (Å²) in [6, 6.07) is 5.88. The second kappa shape index (κ2) is 8.07. The molecular formula is C16H23N5O2. The Balaban J connectivity index is 1.99.